The van der Waals surface area contributed by atoms with Crippen LogP contribution in [-0.4, -0.2) is 50.1 Å². The van der Waals surface area contributed by atoms with Crippen LogP contribution in [0.15, 0.2) is 23.1 Å². The molecule has 0 radical (unpaired) electrons. The molecule has 0 spiro atoms. The van der Waals surface area contributed by atoms with Crippen molar-refractivity contribution < 1.29 is 27.8 Å². The van der Waals surface area contributed by atoms with Crippen LogP contribution in [0.1, 0.15) is 32.1 Å². The largest absolute Gasteiger partial charge is 0.495 e. The van der Waals surface area contributed by atoms with Crippen LogP contribution in [0.25, 0.3) is 0 Å². The molecule has 2 aliphatic rings. The zero-order chi connectivity index (χ0) is 18.2. The molecule has 1 aromatic rings. The summed E-state index contributed by atoms with van der Waals surface area (Å²) in [6, 6.07) is 3.39. The molecule has 1 N–H and O–H groups in total. The number of methoxy groups -OCH3 is 2. The number of ether oxygens (including phenoxy) is 2. The number of aliphatic carboxylic acids is 1. The smallest absolute Gasteiger partial charge is 0.322 e. The molecule has 3 rings (SSSR count). The second kappa shape index (κ2) is 6.84. The molecule has 1 heterocycles. The maximum atomic E-state index is 13.5. The van der Waals surface area contributed by atoms with Gasteiger partial charge in [0.05, 0.1) is 14.2 Å². The van der Waals surface area contributed by atoms with E-state index in [1.165, 1.54) is 18.5 Å². The van der Waals surface area contributed by atoms with Crippen molar-refractivity contribution in [2.24, 2.45) is 5.92 Å². The molecule has 25 heavy (non-hydrogen) atoms. The van der Waals surface area contributed by atoms with E-state index in [2.05, 4.69) is 0 Å². The van der Waals surface area contributed by atoms with Gasteiger partial charge in [-0.25, -0.2) is 8.42 Å². The van der Waals surface area contributed by atoms with Crippen LogP contribution in [0.4, 0.5) is 0 Å². The van der Waals surface area contributed by atoms with E-state index in [4.69, 9.17) is 9.47 Å². The number of fused-ring (bicyclic) bond motifs is 1. The van der Waals surface area contributed by atoms with Gasteiger partial charge in [0, 0.05) is 6.04 Å². The fourth-order valence-electron chi connectivity index (χ4n) is 4.15. The number of sulfonamides is 1. The van der Waals surface area contributed by atoms with Gasteiger partial charge in [-0.05, 0) is 37.3 Å². The molecule has 2 fully saturated rings. The Morgan fingerprint density at radius 3 is 2.32 bits per heavy atom. The molecule has 138 valence electrons. The zero-order valence-electron chi connectivity index (χ0n) is 14.3. The summed E-state index contributed by atoms with van der Waals surface area (Å²) in [5, 5.41) is 9.63. The van der Waals surface area contributed by atoms with E-state index < -0.39 is 22.0 Å². The number of hydrogen-bond donors (Lipinski definition) is 1. The number of benzene rings is 1. The number of hydrogen-bond acceptors (Lipinski definition) is 5. The molecule has 1 saturated carbocycles. The fraction of sp³-hybridized carbons (Fsp3) is 0.588. The van der Waals surface area contributed by atoms with Gasteiger partial charge in [0.15, 0.2) is 4.90 Å². The van der Waals surface area contributed by atoms with E-state index >= 15 is 0 Å². The second-order valence-corrected chi connectivity index (χ2v) is 8.31. The highest BCUT2D eigenvalue weighted by molar-refractivity contribution is 7.89. The lowest BCUT2D eigenvalue weighted by atomic mass is 9.85. The summed E-state index contributed by atoms with van der Waals surface area (Å²) in [5.74, 6) is -0.706. The molecule has 0 amide bonds. The van der Waals surface area contributed by atoms with Gasteiger partial charge in [0.25, 0.3) is 10.0 Å². The van der Waals surface area contributed by atoms with Gasteiger partial charge in [-0.2, -0.15) is 4.31 Å². The minimum Gasteiger partial charge on any atom is -0.495 e. The molecule has 1 aliphatic carbocycles. The number of carboxylic acids is 1. The zero-order valence-corrected chi connectivity index (χ0v) is 15.2. The van der Waals surface area contributed by atoms with Crippen molar-refractivity contribution in [1.29, 1.82) is 0 Å². The second-order valence-electron chi connectivity index (χ2n) is 6.53. The average Bonchev–Trinajstić information content (AvgIpc) is 3.01. The normalized spacial score (nSPS) is 26.9. The van der Waals surface area contributed by atoms with Gasteiger partial charge < -0.3 is 14.6 Å². The summed E-state index contributed by atoms with van der Waals surface area (Å²) in [6.07, 6.45) is 3.83. The van der Waals surface area contributed by atoms with Gasteiger partial charge >= 0.3 is 5.97 Å². The van der Waals surface area contributed by atoms with Crippen molar-refractivity contribution >= 4 is 16.0 Å². The molecule has 1 saturated heterocycles. The van der Waals surface area contributed by atoms with Crippen molar-refractivity contribution in [3.8, 4) is 11.5 Å². The number of rotatable bonds is 5. The van der Waals surface area contributed by atoms with E-state index in [9.17, 15) is 18.3 Å². The molecule has 1 aliphatic heterocycles. The topological polar surface area (TPSA) is 93.1 Å². The van der Waals surface area contributed by atoms with E-state index in [-0.39, 0.29) is 28.4 Å². The number of nitrogens with zero attached hydrogens (tertiary/aromatic N) is 1. The van der Waals surface area contributed by atoms with Crippen molar-refractivity contribution in [3.63, 3.8) is 0 Å². The van der Waals surface area contributed by atoms with Crippen LogP contribution in [0.2, 0.25) is 0 Å². The predicted octanol–water partition coefficient (Wildman–Crippen LogP) is 2.11. The maximum Gasteiger partial charge on any atom is 0.322 e. The van der Waals surface area contributed by atoms with Gasteiger partial charge in [-0.15, -0.1) is 0 Å². The van der Waals surface area contributed by atoms with E-state index in [0.717, 1.165) is 19.3 Å². The molecular formula is C17H23NO6S. The van der Waals surface area contributed by atoms with Crippen LogP contribution in [-0.2, 0) is 14.8 Å². The number of carbonyl (C=O) groups is 1. The van der Waals surface area contributed by atoms with Crippen molar-refractivity contribution in [2.75, 3.05) is 14.2 Å². The van der Waals surface area contributed by atoms with Crippen LogP contribution in [0.5, 0.6) is 11.5 Å². The van der Waals surface area contributed by atoms with Gasteiger partial charge in [0.1, 0.15) is 17.5 Å². The van der Waals surface area contributed by atoms with Gasteiger partial charge in [-0.3, -0.25) is 4.79 Å². The van der Waals surface area contributed by atoms with E-state index in [1.54, 1.807) is 18.2 Å². The molecule has 3 atom stereocenters. The Balaban J connectivity index is 2.14. The van der Waals surface area contributed by atoms with Gasteiger partial charge in [-0.1, -0.05) is 18.9 Å². The first-order valence-corrected chi connectivity index (χ1v) is 9.83. The van der Waals surface area contributed by atoms with E-state index in [0.29, 0.717) is 12.8 Å². The van der Waals surface area contributed by atoms with Crippen molar-refractivity contribution in [1.82, 2.24) is 4.31 Å². The predicted molar refractivity (Wildman–Crippen MR) is 90.4 cm³/mol. The minimum absolute atomic E-state index is 0.0883. The minimum atomic E-state index is -4.09. The van der Waals surface area contributed by atoms with Crippen LogP contribution >= 0.6 is 0 Å². The van der Waals surface area contributed by atoms with Crippen LogP contribution < -0.4 is 9.47 Å². The highest BCUT2D eigenvalue weighted by atomic mass is 32.2. The summed E-state index contributed by atoms with van der Waals surface area (Å²) >= 11 is 0. The van der Waals surface area contributed by atoms with Crippen LogP contribution in [0.3, 0.4) is 0 Å². The van der Waals surface area contributed by atoms with Crippen molar-refractivity contribution in [3.05, 3.63) is 18.2 Å². The lowest BCUT2D eigenvalue weighted by Crippen LogP contribution is -2.46. The lowest BCUT2D eigenvalue weighted by molar-refractivity contribution is -0.141. The third-order valence-corrected chi connectivity index (χ3v) is 7.23. The molecular weight excluding hydrogens is 346 g/mol. The highest BCUT2D eigenvalue weighted by Gasteiger charge is 2.52. The maximum absolute atomic E-state index is 13.5. The van der Waals surface area contributed by atoms with Crippen LogP contribution in [0, 0.1) is 5.92 Å². The molecule has 7 nitrogen and oxygen atoms in total. The monoisotopic (exact) mass is 369 g/mol. The molecule has 3 unspecified atom stereocenters. The summed E-state index contributed by atoms with van der Waals surface area (Å²) in [5.41, 5.74) is 0. The lowest BCUT2D eigenvalue weighted by Gasteiger charge is -2.32. The first-order chi connectivity index (χ1) is 11.9. The third kappa shape index (κ3) is 2.97. The molecule has 1 aromatic carbocycles. The summed E-state index contributed by atoms with van der Waals surface area (Å²) < 4.78 is 38.6. The summed E-state index contributed by atoms with van der Waals surface area (Å²) in [7, 11) is -1.32. The molecule has 0 aromatic heterocycles. The SMILES string of the molecule is COc1cccc(OC)c1S(=O)(=O)N1C(C(=O)O)CC2CCCCC21. The van der Waals surface area contributed by atoms with E-state index in [1.807, 2.05) is 0 Å². The first kappa shape index (κ1) is 18.0. The fourth-order valence-corrected chi connectivity index (χ4v) is 6.32. The summed E-state index contributed by atoms with van der Waals surface area (Å²) in [6.45, 7) is 0. The molecule has 0 bridgehead atoms. The Kier molecular flexibility index (Phi) is 4.92. The van der Waals surface area contributed by atoms with Crippen molar-refractivity contribution in [2.45, 2.75) is 49.1 Å². The standard InChI is InChI=1S/C17H23NO6S/c1-23-14-8-5-9-15(24-2)16(14)25(21,22)18-12-7-4-3-6-11(12)10-13(18)17(19)20/h5,8-9,11-13H,3-4,6-7,10H2,1-2H3,(H,19,20). The quantitative estimate of drug-likeness (QED) is 0.854. The van der Waals surface area contributed by atoms with Gasteiger partial charge in [0.2, 0.25) is 0 Å². The Morgan fingerprint density at radius 2 is 1.76 bits per heavy atom. The summed E-state index contributed by atoms with van der Waals surface area (Å²) in [4.78, 5) is 11.7. The Bertz CT molecular complexity index is 740. The number of carboxylic acid groups (broad SMARTS) is 1. The first-order valence-electron chi connectivity index (χ1n) is 8.39. The Labute approximate surface area is 147 Å². The Hall–Kier alpha value is -1.80. The Morgan fingerprint density at radius 1 is 1.16 bits per heavy atom. The third-order valence-electron chi connectivity index (χ3n) is 5.23. The highest BCUT2D eigenvalue weighted by Crippen LogP contribution is 2.45. The molecule has 8 heteroatoms. The average molecular weight is 369 g/mol.